The molecular weight excluding hydrogens is 538 g/mol. The van der Waals surface area contributed by atoms with Crippen LogP contribution in [0.4, 0.5) is 0 Å². The molecule has 1 aromatic carbocycles. The number of ether oxygens (including phenoxy) is 3. The summed E-state index contributed by atoms with van der Waals surface area (Å²) < 4.78 is 17.2. The second-order valence-corrected chi connectivity index (χ2v) is 11.5. The van der Waals surface area contributed by atoms with Crippen molar-refractivity contribution in [3.8, 4) is 22.2 Å². The highest BCUT2D eigenvalue weighted by atomic mass is 32.1. The van der Waals surface area contributed by atoms with E-state index in [2.05, 4.69) is 25.8 Å². The quantitative estimate of drug-likeness (QED) is 0.146. The van der Waals surface area contributed by atoms with Crippen LogP contribution in [0.25, 0.3) is 21.6 Å². The normalized spacial score (nSPS) is 16.8. The lowest BCUT2D eigenvalue weighted by atomic mass is 9.84. The predicted octanol–water partition coefficient (Wildman–Crippen LogP) is 6.48. The number of fused-ring (bicyclic) bond motifs is 1. The number of nitrogens with zero attached hydrogens (tertiary/aromatic N) is 3. The van der Waals surface area contributed by atoms with E-state index in [1.807, 2.05) is 31.2 Å². The van der Waals surface area contributed by atoms with Crippen molar-refractivity contribution in [2.45, 2.75) is 58.5 Å². The lowest BCUT2D eigenvalue weighted by Crippen LogP contribution is -2.40. The Morgan fingerprint density at radius 3 is 2.66 bits per heavy atom. The number of benzene rings is 1. The summed E-state index contributed by atoms with van der Waals surface area (Å²) in [5, 5.41) is 3.72. The third kappa shape index (κ3) is 6.62. The number of carbonyl (C=O) groups is 2. The van der Waals surface area contributed by atoms with Gasteiger partial charge in [0.1, 0.15) is 28.3 Å². The van der Waals surface area contributed by atoms with Gasteiger partial charge in [0.25, 0.3) is 0 Å². The average Bonchev–Trinajstić information content (AvgIpc) is 3.48. The Labute approximate surface area is 246 Å². The van der Waals surface area contributed by atoms with Crippen LogP contribution in [-0.4, -0.2) is 60.7 Å². The molecule has 0 N–H and O–H groups in total. The maximum atomic E-state index is 13.5. The molecular formula is C32H39N3O5S. The standard InChI is InChI=1S/C32H39N3O5S/c1-8-9-10-15-35(5)31(36)24-16-21(11-12-22(24)32(37)39-7)40-28-17-25(30-34-26(18-41-30)19(2)3)33-29-20(4)27(38-6)14-13-23(28)29/h8,12-14,17-19,21,24H,1,9-11,15-16H2,2-7H3/t21-,24-/m1/s1. The minimum absolute atomic E-state index is 0.121. The van der Waals surface area contributed by atoms with Gasteiger partial charge in [0.05, 0.1) is 31.3 Å². The summed E-state index contributed by atoms with van der Waals surface area (Å²) in [6, 6.07) is 5.78. The molecule has 0 radical (unpaired) electrons. The van der Waals surface area contributed by atoms with Crippen LogP contribution in [0.5, 0.6) is 11.5 Å². The molecule has 0 saturated carbocycles. The fourth-order valence-corrected chi connectivity index (χ4v) is 6.01. The summed E-state index contributed by atoms with van der Waals surface area (Å²) in [4.78, 5) is 37.6. The fraction of sp³-hybridized carbons (Fsp3) is 0.438. The van der Waals surface area contributed by atoms with Gasteiger partial charge in [-0.1, -0.05) is 26.0 Å². The summed E-state index contributed by atoms with van der Waals surface area (Å²) >= 11 is 1.55. The van der Waals surface area contributed by atoms with Crippen LogP contribution >= 0.6 is 11.3 Å². The van der Waals surface area contributed by atoms with E-state index in [0.717, 1.165) is 51.5 Å². The van der Waals surface area contributed by atoms with Gasteiger partial charge >= 0.3 is 5.97 Å². The number of aromatic nitrogens is 2. The van der Waals surface area contributed by atoms with Crippen LogP contribution < -0.4 is 9.47 Å². The molecule has 8 nitrogen and oxygen atoms in total. The maximum Gasteiger partial charge on any atom is 0.334 e. The zero-order valence-corrected chi connectivity index (χ0v) is 25.5. The van der Waals surface area contributed by atoms with E-state index in [4.69, 9.17) is 24.2 Å². The SMILES string of the molecule is C=CCCCN(C)C(=O)[C@@H]1C[C@H](Oc2cc(-c3nc(C(C)C)cs3)nc3c(C)c(OC)ccc23)CC=C1C(=O)OC. The van der Waals surface area contributed by atoms with Crippen LogP contribution in [0, 0.1) is 12.8 Å². The molecule has 0 spiro atoms. The van der Waals surface area contributed by atoms with Gasteiger partial charge in [0.15, 0.2) is 0 Å². The number of hydrogen-bond donors (Lipinski definition) is 0. The number of aryl methyl sites for hydroxylation is 1. The summed E-state index contributed by atoms with van der Waals surface area (Å²) in [5.41, 5.74) is 3.80. The molecule has 4 rings (SSSR count). The minimum atomic E-state index is -0.656. The maximum absolute atomic E-state index is 13.5. The van der Waals surface area contributed by atoms with Crippen LogP contribution in [-0.2, 0) is 14.3 Å². The zero-order chi connectivity index (χ0) is 29.7. The van der Waals surface area contributed by atoms with Crippen LogP contribution in [0.3, 0.4) is 0 Å². The van der Waals surface area contributed by atoms with E-state index in [-0.39, 0.29) is 12.0 Å². The van der Waals surface area contributed by atoms with Crippen molar-refractivity contribution in [3.05, 3.63) is 59.1 Å². The van der Waals surface area contributed by atoms with Crippen molar-refractivity contribution >= 4 is 34.1 Å². The fourth-order valence-electron chi connectivity index (χ4n) is 5.07. The van der Waals surface area contributed by atoms with Crippen molar-refractivity contribution in [2.24, 2.45) is 5.92 Å². The van der Waals surface area contributed by atoms with Crippen molar-refractivity contribution in [2.75, 3.05) is 27.8 Å². The highest BCUT2D eigenvalue weighted by molar-refractivity contribution is 7.13. The highest BCUT2D eigenvalue weighted by Crippen LogP contribution is 2.38. The van der Waals surface area contributed by atoms with Gasteiger partial charge in [-0.05, 0) is 37.8 Å². The van der Waals surface area contributed by atoms with Gasteiger partial charge in [-0.2, -0.15) is 0 Å². The van der Waals surface area contributed by atoms with Crippen molar-refractivity contribution < 1.29 is 23.8 Å². The molecule has 2 atom stereocenters. The number of pyridine rings is 1. The van der Waals surface area contributed by atoms with Gasteiger partial charge in [-0.3, -0.25) is 4.79 Å². The first-order valence-corrected chi connectivity index (χ1v) is 14.8. The molecule has 0 bridgehead atoms. The second-order valence-electron chi connectivity index (χ2n) is 10.6. The number of amides is 1. The van der Waals surface area contributed by atoms with Crippen molar-refractivity contribution in [3.63, 3.8) is 0 Å². The first-order valence-electron chi connectivity index (χ1n) is 13.9. The number of methoxy groups -OCH3 is 2. The largest absolute Gasteiger partial charge is 0.496 e. The van der Waals surface area contributed by atoms with Crippen molar-refractivity contribution in [1.82, 2.24) is 14.9 Å². The lowest BCUT2D eigenvalue weighted by molar-refractivity contribution is -0.141. The van der Waals surface area contributed by atoms with Gasteiger partial charge in [-0.15, -0.1) is 17.9 Å². The average molecular weight is 578 g/mol. The minimum Gasteiger partial charge on any atom is -0.496 e. The molecule has 0 aliphatic heterocycles. The molecule has 1 aliphatic carbocycles. The van der Waals surface area contributed by atoms with E-state index >= 15 is 0 Å². The number of allylic oxidation sites excluding steroid dienone is 1. The molecule has 41 heavy (non-hydrogen) atoms. The monoisotopic (exact) mass is 577 g/mol. The summed E-state index contributed by atoms with van der Waals surface area (Å²) in [7, 11) is 4.75. The van der Waals surface area contributed by atoms with Crippen LogP contribution in [0.1, 0.15) is 56.7 Å². The first-order chi connectivity index (χ1) is 19.7. The predicted molar refractivity (Wildman–Crippen MR) is 163 cm³/mol. The highest BCUT2D eigenvalue weighted by Gasteiger charge is 2.36. The van der Waals surface area contributed by atoms with Crippen LogP contribution in [0.2, 0.25) is 0 Å². The summed E-state index contributed by atoms with van der Waals surface area (Å²) in [5.74, 6) is 0.442. The Morgan fingerprint density at radius 1 is 1.22 bits per heavy atom. The first kappa shape index (κ1) is 30.2. The number of carbonyl (C=O) groups excluding carboxylic acids is 2. The number of esters is 1. The Balaban J connectivity index is 1.71. The Morgan fingerprint density at radius 2 is 2.00 bits per heavy atom. The van der Waals surface area contributed by atoms with E-state index < -0.39 is 11.9 Å². The molecule has 2 heterocycles. The number of hydrogen-bond acceptors (Lipinski definition) is 8. The van der Waals surface area contributed by atoms with E-state index in [1.54, 1.807) is 36.5 Å². The summed E-state index contributed by atoms with van der Waals surface area (Å²) in [6.07, 6.45) is 5.73. The molecule has 2 aromatic heterocycles. The molecule has 1 aliphatic rings. The van der Waals surface area contributed by atoms with Gasteiger partial charge in [-0.25, -0.2) is 14.8 Å². The van der Waals surface area contributed by atoms with Gasteiger partial charge < -0.3 is 19.1 Å². The third-order valence-corrected chi connectivity index (χ3v) is 8.35. The molecule has 0 fully saturated rings. The molecule has 9 heteroatoms. The topological polar surface area (TPSA) is 90.9 Å². The Kier molecular flexibility index (Phi) is 9.81. The van der Waals surface area contributed by atoms with E-state index in [0.29, 0.717) is 36.6 Å². The molecule has 3 aromatic rings. The molecule has 218 valence electrons. The zero-order valence-electron chi connectivity index (χ0n) is 24.7. The summed E-state index contributed by atoms with van der Waals surface area (Å²) in [6.45, 7) is 10.5. The lowest BCUT2D eigenvalue weighted by Gasteiger charge is -2.31. The third-order valence-electron chi connectivity index (χ3n) is 7.46. The van der Waals surface area contributed by atoms with Crippen LogP contribution in [0.15, 0.2) is 47.9 Å². The molecule has 0 saturated heterocycles. The van der Waals surface area contributed by atoms with E-state index in [1.165, 1.54) is 7.11 Å². The Hall–Kier alpha value is -3.72. The molecule has 1 amide bonds. The smallest absolute Gasteiger partial charge is 0.334 e. The number of thiazole rings is 1. The number of unbranched alkanes of at least 4 members (excludes halogenated alkanes) is 1. The second kappa shape index (κ2) is 13.3. The van der Waals surface area contributed by atoms with Crippen molar-refractivity contribution in [1.29, 1.82) is 0 Å². The van der Waals surface area contributed by atoms with Gasteiger partial charge in [0, 0.05) is 54.4 Å². The number of rotatable bonds is 11. The Bertz CT molecular complexity index is 1460. The van der Waals surface area contributed by atoms with Gasteiger partial charge in [0.2, 0.25) is 5.91 Å². The molecule has 0 unspecified atom stereocenters. The van der Waals surface area contributed by atoms with E-state index in [9.17, 15) is 9.59 Å².